The average molecular weight is 284 g/mol. The summed E-state index contributed by atoms with van der Waals surface area (Å²) in [6, 6.07) is 8.76. The van der Waals surface area contributed by atoms with Crippen molar-refractivity contribution in [3.05, 3.63) is 35.4 Å². The molecule has 1 aromatic rings. The summed E-state index contributed by atoms with van der Waals surface area (Å²) in [5.74, 6) is 0.704. The van der Waals surface area contributed by atoms with Gasteiger partial charge in [-0.15, -0.1) is 0 Å². The third kappa shape index (κ3) is 16.6. The highest BCUT2D eigenvalue weighted by Gasteiger charge is 2.00. The zero-order chi connectivity index (χ0) is 16.4. The van der Waals surface area contributed by atoms with Gasteiger partial charge in [-0.2, -0.15) is 0 Å². The lowest BCUT2D eigenvalue weighted by Crippen LogP contribution is -1.90. The first-order valence-electron chi connectivity index (χ1n) is 7.20. The van der Waals surface area contributed by atoms with E-state index in [9.17, 15) is 0 Å². The molecule has 0 amide bonds. The number of carboxylic acid groups (broad SMARTS) is 1. The first-order chi connectivity index (χ1) is 9.56. The second-order valence-corrected chi connectivity index (χ2v) is 3.91. The summed E-state index contributed by atoms with van der Waals surface area (Å²) >= 11 is 0. The Hall–Kier alpha value is -1.35. The molecule has 1 aromatic carbocycles. The van der Waals surface area contributed by atoms with E-state index in [2.05, 4.69) is 49.8 Å². The van der Waals surface area contributed by atoms with Crippen LogP contribution in [-0.4, -0.2) is 25.3 Å². The van der Waals surface area contributed by atoms with Gasteiger partial charge in [0.2, 0.25) is 0 Å². The summed E-state index contributed by atoms with van der Waals surface area (Å²) in [5.41, 5.74) is 2.83. The Morgan fingerprint density at radius 1 is 1.30 bits per heavy atom. The molecule has 3 heteroatoms. The van der Waals surface area contributed by atoms with E-state index < -0.39 is 0 Å². The van der Waals surface area contributed by atoms with Gasteiger partial charge in [0.25, 0.3) is 6.47 Å². The fraction of sp³-hybridized carbons (Fsp3) is 0.588. The topological polar surface area (TPSA) is 46.5 Å². The second kappa shape index (κ2) is 20.0. The number of hydrogen-bond donors (Lipinski definition) is 1. The van der Waals surface area contributed by atoms with Crippen molar-refractivity contribution in [1.82, 2.24) is 0 Å². The van der Waals surface area contributed by atoms with Crippen molar-refractivity contribution < 1.29 is 14.6 Å². The van der Waals surface area contributed by atoms with Gasteiger partial charge in [-0.3, -0.25) is 4.79 Å². The van der Waals surface area contributed by atoms with Crippen molar-refractivity contribution in [2.45, 2.75) is 53.9 Å². The van der Waals surface area contributed by atoms with Crippen LogP contribution in [0.15, 0.2) is 24.3 Å². The molecule has 0 heterocycles. The number of ether oxygens (including phenoxy) is 1. The van der Waals surface area contributed by atoms with Crippen molar-refractivity contribution >= 4 is 6.47 Å². The highest BCUT2D eigenvalue weighted by Crippen LogP contribution is 2.18. The molecule has 0 aliphatic carbocycles. The summed E-state index contributed by atoms with van der Waals surface area (Å²) in [4.78, 5) is 8.36. The Kier molecular flexibility index (Phi) is 23.7. The molecule has 0 spiro atoms. The van der Waals surface area contributed by atoms with Gasteiger partial charge in [0.05, 0.1) is 0 Å². The predicted molar refractivity (Wildman–Crippen MR) is 87.5 cm³/mol. The summed E-state index contributed by atoms with van der Waals surface area (Å²) in [6.45, 7) is 13.2. The molecule has 1 N–H and O–H groups in total. The van der Waals surface area contributed by atoms with Gasteiger partial charge in [-0.05, 0) is 31.7 Å². The second-order valence-electron chi connectivity index (χ2n) is 3.91. The van der Waals surface area contributed by atoms with Crippen LogP contribution >= 0.6 is 0 Å². The minimum absolute atomic E-state index is 0.250. The number of benzene rings is 1. The van der Waals surface area contributed by atoms with Crippen LogP contribution in [-0.2, 0) is 9.53 Å². The third-order valence-corrected chi connectivity index (χ3v) is 2.51. The van der Waals surface area contributed by atoms with Gasteiger partial charge >= 0.3 is 0 Å². The van der Waals surface area contributed by atoms with Crippen molar-refractivity contribution in [3.63, 3.8) is 0 Å². The summed E-state index contributed by atoms with van der Waals surface area (Å²) in [6.07, 6.45) is 1.23. The van der Waals surface area contributed by atoms with Crippen LogP contribution in [0.1, 0.15) is 58.1 Å². The molecule has 0 fully saturated rings. The number of methoxy groups -OCH3 is 1. The molecule has 1 unspecified atom stereocenters. The maximum absolute atomic E-state index is 8.36. The average Bonchev–Trinajstić information content (AvgIpc) is 2.49. The molecule has 0 aromatic heterocycles. The first-order valence-corrected chi connectivity index (χ1v) is 7.20. The quantitative estimate of drug-likeness (QED) is 0.804. The van der Waals surface area contributed by atoms with Crippen molar-refractivity contribution in [3.8, 4) is 0 Å². The van der Waals surface area contributed by atoms with E-state index in [-0.39, 0.29) is 6.47 Å². The number of rotatable bonds is 3. The monoisotopic (exact) mass is 284 g/mol. The van der Waals surface area contributed by atoms with Gasteiger partial charge < -0.3 is 9.84 Å². The SMILES string of the molecule is CC.CCC(C)c1cccc(C)c1.CCOC.O=CO. The normalized spacial score (nSPS) is 9.55. The molecule has 1 atom stereocenters. The lowest BCUT2D eigenvalue weighted by Gasteiger charge is -2.08. The Morgan fingerprint density at radius 3 is 2.05 bits per heavy atom. The molecule has 0 aliphatic rings. The minimum atomic E-state index is -0.250. The van der Waals surface area contributed by atoms with Crippen LogP contribution in [0, 0.1) is 6.92 Å². The van der Waals surface area contributed by atoms with Crippen LogP contribution in [0.4, 0.5) is 0 Å². The Bertz CT molecular complexity index is 296. The van der Waals surface area contributed by atoms with E-state index in [1.54, 1.807) is 7.11 Å². The van der Waals surface area contributed by atoms with Crippen molar-refractivity contribution in [2.75, 3.05) is 13.7 Å². The van der Waals surface area contributed by atoms with E-state index in [0.717, 1.165) is 6.61 Å². The van der Waals surface area contributed by atoms with Gasteiger partial charge in [0, 0.05) is 13.7 Å². The molecule has 0 radical (unpaired) electrons. The Labute approximate surface area is 125 Å². The van der Waals surface area contributed by atoms with E-state index in [1.165, 1.54) is 17.5 Å². The van der Waals surface area contributed by atoms with Crippen LogP contribution in [0.25, 0.3) is 0 Å². The highest BCUT2D eigenvalue weighted by molar-refractivity contribution is 5.32. The van der Waals surface area contributed by atoms with Crippen LogP contribution in [0.3, 0.4) is 0 Å². The minimum Gasteiger partial charge on any atom is -0.483 e. The molecule has 20 heavy (non-hydrogen) atoms. The van der Waals surface area contributed by atoms with Crippen LogP contribution < -0.4 is 0 Å². The fourth-order valence-electron chi connectivity index (χ4n) is 1.21. The largest absolute Gasteiger partial charge is 0.483 e. The van der Waals surface area contributed by atoms with Crippen molar-refractivity contribution in [1.29, 1.82) is 0 Å². The molecule has 1 rings (SSSR count). The number of aryl methyl sites for hydroxylation is 1. The molecule has 0 aliphatic heterocycles. The fourth-order valence-corrected chi connectivity index (χ4v) is 1.21. The third-order valence-electron chi connectivity index (χ3n) is 2.51. The first kappa shape index (κ1) is 23.7. The Morgan fingerprint density at radius 2 is 1.75 bits per heavy atom. The van der Waals surface area contributed by atoms with Crippen LogP contribution in [0.5, 0.6) is 0 Å². The van der Waals surface area contributed by atoms with E-state index in [1.807, 2.05) is 20.8 Å². The van der Waals surface area contributed by atoms with Gasteiger partial charge in [-0.1, -0.05) is 57.5 Å². The molecule has 0 saturated heterocycles. The standard InChI is InChI=1S/C11H16.C3H8O.C2H6.CH2O2/c1-4-10(3)11-7-5-6-9(2)8-11;1-3-4-2;1-2;2-1-3/h5-8,10H,4H2,1-3H3;3H2,1-2H3;1-2H3;1H,(H,2,3). The molecule has 0 bridgehead atoms. The molecular weight excluding hydrogens is 252 g/mol. The summed E-state index contributed by atoms with van der Waals surface area (Å²) < 4.78 is 4.54. The zero-order valence-corrected chi connectivity index (χ0v) is 14.1. The maximum atomic E-state index is 8.36. The van der Waals surface area contributed by atoms with Crippen molar-refractivity contribution in [2.24, 2.45) is 0 Å². The number of hydrogen-bond acceptors (Lipinski definition) is 2. The predicted octanol–water partition coefficient (Wildman–Crippen LogP) is 4.89. The lowest BCUT2D eigenvalue weighted by molar-refractivity contribution is -0.122. The maximum Gasteiger partial charge on any atom is 0.290 e. The summed E-state index contributed by atoms with van der Waals surface area (Å²) in [7, 11) is 1.68. The van der Waals surface area contributed by atoms with Gasteiger partial charge in [0.1, 0.15) is 0 Å². The molecule has 3 nitrogen and oxygen atoms in total. The van der Waals surface area contributed by atoms with Gasteiger partial charge in [-0.25, -0.2) is 0 Å². The smallest absolute Gasteiger partial charge is 0.290 e. The zero-order valence-electron chi connectivity index (χ0n) is 14.1. The molecule has 0 saturated carbocycles. The van der Waals surface area contributed by atoms with E-state index >= 15 is 0 Å². The molecule has 118 valence electrons. The summed E-state index contributed by atoms with van der Waals surface area (Å²) in [5, 5.41) is 6.89. The number of carbonyl (C=O) groups is 1. The van der Waals surface area contributed by atoms with Crippen LogP contribution in [0.2, 0.25) is 0 Å². The lowest BCUT2D eigenvalue weighted by atomic mass is 9.97. The highest BCUT2D eigenvalue weighted by atomic mass is 16.5. The Balaban J connectivity index is -0.000000269. The van der Waals surface area contributed by atoms with Gasteiger partial charge in [0.15, 0.2) is 0 Å². The van der Waals surface area contributed by atoms with E-state index in [4.69, 9.17) is 9.90 Å². The van der Waals surface area contributed by atoms with E-state index in [0.29, 0.717) is 5.92 Å². The molecular formula is C17H32O3.